The van der Waals surface area contributed by atoms with Gasteiger partial charge in [-0.3, -0.25) is 0 Å². The number of aliphatic hydroxyl groups excluding tert-OH is 1. The van der Waals surface area contributed by atoms with E-state index in [1.165, 1.54) is 0 Å². The predicted octanol–water partition coefficient (Wildman–Crippen LogP) is 2.84. The minimum absolute atomic E-state index is 0.129. The molecule has 1 N–H and O–H groups in total. The van der Waals surface area contributed by atoms with Crippen molar-refractivity contribution in [1.82, 2.24) is 0 Å². The Kier molecular flexibility index (Phi) is 4.08. The number of hydrogen-bond acceptors (Lipinski definition) is 1. The van der Waals surface area contributed by atoms with Crippen LogP contribution in [0.5, 0.6) is 0 Å². The summed E-state index contributed by atoms with van der Waals surface area (Å²) in [6.07, 6.45) is 1.67. The molecule has 0 saturated carbocycles. The van der Waals surface area contributed by atoms with Crippen LogP contribution in [0.4, 0.5) is 4.39 Å². The zero-order valence-electron chi connectivity index (χ0n) is 8.76. The molecule has 1 rings (SSSR count). The van der Waals surface area contributed by atoms with Crippen LogP contribution in [-0.2, 0) is 6.42 Å². The second kappa shape index (κ2) is 5.11. The maximum atomic E-state index is 13.5. The summed E-state index contributed by atoms with van der Waals surface area (Å²) in [5.41, 5.74) is 1.38. The van der Waals surface area contributed by atoms with Crippen molar-refractivity contribution in [2.75, 3.05) is 0 Å². The highest BCUT2D eigenvalue weighted by molar-refractivity contribution is 5.24. The number of aryl methyl sites for hydroxylation is 2. The fraction of sp³-hybridized carbons (Fsp3) is 0.500. The Morgan fingerprint density at radius 3 is 2.79 bits per heavy atom. The van der Waals surface area contributed by atoms with Crippen LogP contribution in [0.1, 0.15) is 30.9 Å². The lowest BCUT2D eigenvalue weighted by molar-refractivity contribution is 0.160. The van der Waals surface area contributed by atoms with E-state index in [2.05, 4.69) is 0 Å². The third-order valence-electron chi connectivity index (χ3n) is 2.49. The van der Waals surface area contributed by atoms with E-state index in [-0.39, 0.29) is 11.9 Å². The maximum absolute atomic E-state index is 13.5. The highest BCUT2D eigenvalue weighted by Crippen LogP contribution is 2.14. The van der Waals surface area contributed by atoms with E-state index in [1.807, 2.05) is 13.0 Å². The van der Waals surface area contributed by atoms with Gasteiger partial charge in [-0.15, -0.1) is 0 Å². The third-order valence-corrected chi connectivity index (χ3v) is 2.49. The molecule has 1 aromatic carbocycles. The van der Waals surface area contributed by atoms with Crippen LogP contribution in [-0.4, -0.2) is 11.2 Å². The van der Waals surface area contributed by atoms with E-state index in [0.29, 0.717) is 24.0 Å². The van der Waals surface area contributed by atoms with E-state index in [9.17, 15) is 9.50 Å². The lowest BCUT2D eigenvalue weighted by Gasteiger charge is -2.08. The maximum Gasteiger partial charge on any atom is 0.129 e. The van der Waals surface area contributed by atoms with Crippen LogP contribution in [0, 0.1) is 12.7 Å². The van der Waals surface area contributed by atoms with E-state index in [4.69, 9.17) is 0 Å². The van der Waals surface area contributed by atoms with Gasteiger partial charge in [-0.05, 0) is 37.3 Å². The Balaban J connectivity index is 2.63. The number of rotatable bonds is 4. The molecule has 0 aliphatic rings. The minimum Gasteiger partial charge on any atom is -0.393 e. The zero-order chi connectivity index (χ0) is 10.6. The molecule has 0 fully saturated rings. The summed E-state index contributed by atoms with van der Waals surface area (Å²) in [5.74, 6) is -0.129. The fourth-order valence-corrected chi connectivity index (χ4v) is 1.43. The summed E-state index contributed by atoms with van der Waals surface area (Å²) in [6.45, 7) is 3.69. The first kappa shape index (κ1) is 11.2. The molecular formula is C12H17FO. The van der Waals surface area contributed by atoms with Crippen molar-refractivity contribution in [3.8, 4) is 0 Å². The Morgan fingerprint density at radius 1 is 1.43 bits per heavy atom. The minimum atomic E-state index is -0.310. The van der Waals surface area contributed by atoms with Crippen molar-refractivity contribution in [2.24, 2.45) is 0 Å². The Morgan fingerprint density at radius 2 is 2.14 bits per heavy atom. The molecule has 0 aliphatic carbocycles. The standard InChI is InChI=1S/C12H17FO/c1-3-11(14)8-7-10-6-4-5-9(2)12(10)13/h4-6,11,14H,3,7-8H2,1-2H3. The first-order valence-electron chi connectivity index (χ1n) is 5.07. The second-order valence-electron chi connectivity index (χ2n) is 3.65. The molecule has 1 atom stereocenters. The van der Waals surface area contributed by atoms with Crippen molar-refractivity contribution in [2.45, 2.75) is 39.2 Å². The lowest BCUT2D eigenvalue weighted by atomic mass is 10.0. The van der Waals surface area contributed by atoms with Gasteiger partial charge >= 0.3 is 0 Å². The number of benzene rings is 1. The molecule has 2 heteroatoms. The van der Waals surface area contributed by atoms with Crippen molar-refractivity contribution in [1.29, 1.82) is 0 Å². The number of halogens is 1. The van der Waals surface area contributed by atoms with Crippen LogP contribution in [0.2, 0.25) is 0 Å². The van der Waals surface area contributed by atoms with Crippen LogP contribution >= 0.6 is 0 Å². The zero-order valence-corrected chi connectivity index (χ0v) is 8.76. The molecular weight excluding hydrogens is 179 g/mol. The molecule has 78 valence electrons. The molecule has 0 heterocycles. The van der Waals surface area contributed by atoms with Gasteiger partial charge in [-0.2, -0.15) is 0 Å². The quantitative estimate of drug-likeness (QED) is 0.785. The van der Waals surface area contributed by atoms with Gasteiger partial charge in [0.1, 0.15) is 5.82 Å². The van der Waals surface area contributed by atoms with Crippen molar-refractivity contribution in [3.63, 3.8) is 0 Å². The molecule has 1 unspecified atom stereocenters. The summed E-state index contributed by atoms with van der Waals surface area (Å²) in [6, 6.07) is 5.39. The summed E-state index contributed by atoms with van der Waals surface area (Å²) >= 11 is 0. The molecule has 0 aromatic heterocycles. The SMILES string of the molecule is CCC(O)CCc1cccc(C)c1F. The van der Waals surface area contributed by atoms with Crippen molar-refractivity contribution in [3.05, 3.63) is 35.1 Å². The average molecular weight is 196 g/mol. The summed E-state index contributed by atoms with van der Waals surface area (Å²) in [4.78, 5) is 0. The second-order valence-corrected chi connectivity index (χ2v) is 3.65. The highest BCUT2D eigenvalue weighted by atomic mass is 19.1. The van der Waals surface area contributed by atoms with Crippen LogP contribution < -0.4 is 0 Å². The molecule has 0 bridgehead atoms. The lowest BCUT2D eigenvalue weighted by Crippen LogP contribution is -2.06. The Labute approximate surface area is 84.6 Å². The third kappa shape index (κ3) is 2.81. The first-order valence-corrected chi connectivity index (χ1v) is 5.07. The molecule has 0 aliphatic heterocycles. The molecule has 14 heavy (non-hydrogen) atoms. The normalized spacial score (nSPS) is 12.9. The fourth-order valence-electron chi connectivity index (χ4n) is 1.43. The predicted molar refractivity (Wildman–Crippen MR) is 55.8 cm³/mol. The van der Waals surface area contributed by atoms with Gasteiger partial charge in [0.15, 0.2) is 0 Å². The van der Waals surface area contributed by atoms with Gasteiger partial charge in [-0.25, -0.2) is 4.39 Å². The molecule has 0 radical (unpaired) electrons. The van der Waals surface area contributed by atoms with E-state index in [0.717, 1.165) is 6.42 Å². The molecule has 0 saturated heterocycles. The smallest absolute Gasteiger partial charge is 0.129 e. The summed E-state index contributed by atoms with van der Waals surface area (Å²) < 4.78 is 13.5. The van der Waals surface area contributed by atoms with Gasteiger partial charge < -0.3 is 5.11 Å². The van der Waals surface area contributed by atoms with E-state index >= 15 is 0 Å². The van der Waals surface area contributed by atoms with Gasteiger partial charge in [0.2, 0.25) is 0 Å². The largest absolute Gasteiger partial charge is 0.393 e. The topological polar surface area (TPSA) is 20.2 Å². The van der Waals surface area contributed by atoms with E-state index < -0.39 is 0 Å². The monoisotopic (exact) mass is 196 g/mol. The Hall–Kier alpha value is -0.890. The van der Waals surface area contributed by atoms with Gasteiger partial charge in [0.05, 0.1) is 6.10 Å². The molecule has 0 amide bonds. The number of hydrogen-bond donors (Lipinski definition) is 1. The summed E-state index contributed by atoms with van der Waals surface area (Å²) in [5, 5.41) is 9.36. The first-order chi connectivity index (χ1) is 6.65. The average Bonchev–Trinajstić information content (AvgIpc) is 2.20. The van der Waals surface area contributed by atoms with Crippen LogP contribution in [0.25, 0.3) is 0 Å². The van der Waals surface area contributed by atoms with Crippen molar-refractivity contribution < 1.29 is 9.50 Å². The number of aliphatic hydroxyl groups is 1. The molecule has 1 aromatic rings. The molecule has 0 spiro atoms. The Bertz CT molecular complexity index is 296. The van der Waals surface area contributed by atoms with Crippen LogP contribution in [0.15, 0.2) is 18.2 Å². The van der Waals surface area contributed by atoms with Crippen LogP contribution in [0.3, 0.4) is 0 Å². The molecule has 1 nitrogen and oxygen atoms in total. The van der Waals surface area contributed by atoms with E-state index in [1.54, 1.807) is 19.1 Å². The summed E-state index contributed by atoms with van der Waals surface area (Å²) in [7, 11) is 0. The van der Waals surface area contributed by atoms with Gasteiger partial charge in [0.25, 0.3) is 0 Å². The van der Waals surface area contributed by atoms with Gasteiger partial charge in [-0.1, -0.05) is 25.1 Å². The highest BCUT2D eigenvalue weighted by Gasteiger charge is 2.06. The van der Waals surface area contributed by atoms with Gasteiger partial charge in [0, 0.05) is 0 Å². The van der Waals surface area contributed by atoms with Crippen molar-refractivity contribution >= 4 is 0 Å².